The summed E-state index contributed by atoms with van der Waals surface area (Å²) in [4.78, 5) is 42.3. The number of nitrogens with one attached hydrogen (secondary N) is 2. The highest BCUT2D eigenvalue weighted by Crippen LogP contribution is 2.19. The number of rotatable bonds is 6. The lowest BCUT2D eigenvalue weighted by atomic mass is 9.72. The Hall–Kier alpha value is -2.15. The summed E-state index contributed by atoms with van der Waals surface area (Å²) in [7, 11) is -2.24. The standard InChI is InChI=1S/2C8H14BNO5/c2*1-5(11)10-7-3-2-6(4-8(12)13)15-9(7)14/h2*6-7,14H,2-4H2,1H3,(H,10,11)(H,12,13)/t2*6?,7-/m00/s1. The first-order valence-electron chi connectivity index (χ1n) is 9.62. The SMILES string of the molecule is CC(=O)N[C@H]1CCC(CC(=O)O)OB1O.CC(=O)N[C@H]1CCC(CC(=O)O)OB1O. The molecule has 6 N–H and O–H groups in total. The van der Waals surface area contributed by atoms with E-state index in [1.807, 2.05) is 0 Å². The summed E-state index contributed by atoms with van der Waals surface area (Å²) in [5.74, 6) is -3.26. The summed E-state index contributed by atoms with van der Waals surface area (Å²) in [6.07, 6.45) is 0.915. The normalized spacial score (nSPS) is 26.1. The molecule has 2 heterocycles. The fraction of sp³-hybridized carbons (Fsp3) is 0.750. The minimum atomic E-state index is -1.12. The third-order valence-electron chi connectivity index (χ3n) is 4.53. The zero-order valence-corrected chi connectivity index (χ0v) is 16.9. The van der Waals surface area contributed by atoms with Crippen LogP contribution in [0.3, 0.4) is 0 Å². The Morgan fingerprint density at radius 2 is 1.10 bits per heavy atom. The van der Waals surface area contributed by atoms with Gasteiger partial charge in [0.25, 0.3) is 0 Å². The van der Waals surface area contributed by atoms with E-state index in [9.17, 15) is 29.2 Å². The molecule has 0 radical (unpaired) electrons. The van der Waals surface area contributed by atoms with Gasteiger partial charge >= 0.3 is 26.2 Å². The molecular formula is C16H28B2N2O10. The number of carboxylic acid groups (broad SMARTS) is 2. The number of carbonyl (C=O) groups excluding carboxylic acids is 2. The van der Waals surface area contributed by atoms with E-state index < -0.39 is 50.3 Å². The molecule has 0 aromatic rings. The molecule has 2 fully saturated rings. The van der Waals surface area contributed by atoms with Gasteiger partial charge in [0.05, 0.1) is 36.9 Å². The summed E-state index contributed by atoms with van der Waals surface area (Å²) < 4.78 is 10.1. The van der Waals surface area contributed by atoms with Crippen molar-refractivity contribution in [3.63, 3.8) is 0 Å². The molecular weight excluding hydrogens is 402 g/mol. The Labute approximate surface area is 174 Å². The van der Waals surface area contributed by atoms with Gasteiger partial charge in [-0.05, 0) is 25.7 Å². The lowest BCUT2D eigenvalue weighted by Gasteiger charge is -2.30. The zero-order valence-electron chi connectivity index (χ0n) is 16.9. The van der Waals surface area contributed by atoms with E-state index in [0.717, 1.165) is 0 Å². The van der Waals surface area contributed by atoms with Crippen molar-refractivity contribution in [3.05, 3.63) is 0 Å². The third-order valence-corrected chi connectivity index (χ3v) is 4.53. The summed E-state index contributed by atoms with van der Waals surface area (Å²) in [6, 6.07) is 0. The molecule has 0 saturated carbocycles. The second-order valence-electron chi connectivity index (χ2n) is 7.26. The van der Waals surface area contributed by atoms with Gasteiger partial charge in [-0.25, -0.2) is 0 Å². The quantitative estimate of drug-likeness (QED) is 0.266. The summed E-state index contributed by atoms with van der Waals surface area (Å²) in [6.45, 7) is 2.71. The zero-order chi connectivity index (χ0) is 22.8. The van der Waals surface area contributed by atoms with Gasteiger partial charge in [0.15, 0.2) is 0 Å². The Balaban J connectivity index is 0.000000300. The monoisotopic (exact) mass is 430 g/mol. The van der Waals surface area contributed by atoms with Crippen LogP contribution in [0.5, 0.6) is 0 Å². The Bertz CT molecular complexity index is 571. The highest BCUT2D eigenvalue weighted by atomic mass is 16.5. The molecule has 2 amide bonds. The van der Waals surface area contributed by atoms with Crippen LogP contribution in [0.4, 0.5) is 0 Å². The van der Waals surface area contributed by atoms with Crippen LogP contribution in [-0.2, 0) is 28.5 Å². The first kappa shape index (κ1) is 25.9. The van der Waals surface area contributed by atoms with Crippen LogP contribution in [0.1, 0.15) is 52.4 Å². The molecule has 2 unspecified atom stereocenters. The van der Waals surface area contributed by atoms with Gasteiger partial charge in [-0.1, -0.05) is 0 Å². The minimum absolute atomic E-state index is 0.121. The lowest BCUT2D eigenvalue weighted by molar-refractivity contribution is -0.140. The van der Waals surface area contributed by atoms with Crippen LogP contribution in [0.2, 0.25) is 0 Å². The fourth-order valence-electron chi connectivity index (χ4n) is 3.24. The number of aliphatic carboxylic acids is 2. The predicted octanol–water partition coefficient (Wildman–Crippen LogP) is -1.67. The Morgan fingerprint density at radius 3 is 1.33 bits per heavy atom. The first-order chi connectivity index (χ1) is 14.0. The third kappa shape index (κ3) is 10.1. The van der Waals surface area contributed by atoms with Crippen molar-refractivity contribution in [1.29, 1.82) is 0 Å². The van der Waals surface area contributed by atoms with E-state index in [1.54, 1.807) is 0 Å². The van der Waals surface area contributed by atoms with Gasteiger partial charge < -0.3 is 40.2 Å². The van der Waals surface area contributed by atoms with E-state index in [4.69, 9.17) is 19.5 Å². The molecule has 0 aliphatic carbocycles. The van der Waals surface area contributed by atoms with Crippen molar-refractivity contribution in [2.75, 3.05) is 0 Å². The predicted molar refractivity (Wildman–Crippen MR) is 104 cm³/mol. The molecule has 2 rings (SSSR count). The van der Waals surface area contributed by atoms with Crippen LogP contribution in [0, 0.1) is 0 Å². The van der Waals surface area contributed by atoms with E-state index >= 15 is 0 Å². The Morgan fingerprint density at radius 1 is 0.767 bits per heavy atom. The fourth-order valence-corrected chi connectivity index (χ4v) is 3.24. The van der Waals surface area contributed by atoms with Crippen molar-refractivity contribution in [3.8, 4) is 0 Å². The van der Waals surface area contributed by atoms with Crippen LogP contribution in [0.25, 0.3) is 0 Å². The molecule has 4 atom stereocenters. The minimum Gasteiger partial charge on any atom is -0.481 e. The molecule has 2 aliphatic rings. The van der Waals surface area contributed by atoms with Crippen molar-refractivity contribution in [2.45, 2.75) is 76.5 Å². The van der Waals surface area contributed by atoms with Crippen LogP contribution >= 0.6 is 0 Å². The summed E-state index contributed by atoms with van der Waals surface area (Å²) >= 11 is 0. The smallest absolute Gasteiger partial charge is 0.478 e. The van der Waals surface area contributed by atoms with Gasteiger partial charge in [-0.3, -0.25) is 19.2 Å². The van der Waals surface area contributed by atoms with Crippen LogP contribution < -0.4 is 10.6 Å². The van der Waals surface area contributed by atoms with Gasteiger partial charge in [-0.15, -0.1) is 0 Å². The highest BCUT2D eigenvalue weighted by molar-refractivity contribution is 6.46. The lowest BCUT2D eigenvalue weighted by Crippen LogP contribution is -2.52. The number of hydrogen-bond donors (Lipinski definition) is 6. The van der Waals surface area contributed by atoms with Crippen molar-refractivity contribution < 1.29 is 48.7 Å². The van der Waals surface area contributed by atoms with Gasteiger partial charge in [-0.2, -0.15) is 0 Å². The summed E-state index contributed by atoms with van der Waals surface area (Å²) in [5.41, 5.74) is 0. The average molecular weight is 430 g/mol. The van der Waals surface area contributed by atoms with E-state index in [1.165, 1.54) is 13.8 Å². The molecule has 0 aromatic carbocycles. The highest BCUT2D eigenvalue weighted by Gasteiger charge is 2.37. The maximum atomic E-state index is 10.7. The van der Waals surface area contributed by atoms with E-state index in [-0.39, 0.29) is 24.7 Å². The topological polar surface area (TPSA) is 192 Å². The molecule has 0 spiro atoms. The molecule has 2 saturated heterocycles. The maximum Gasteiger partial charge on any atom is 0.478 e. The number of amides is 2. The average Bonchev–Trinajstić information content (AvgIpc) is 2.59. The van der Waals surface area contributed by atoms with Gasteiger partial charge in [0.1, 0.15) is 0 Å². The van der Waals surface area contributed by atoms with Crippen molar-refractivity contribution in [1.82, 2.24) is 10.6 Å². The van der Waals surface area contributed by atoms with E-state index in [0.29, 0.717) is 25.7 Å². The second-order valence-corrected chi connectivity index (χ2v) is 7.26. The molecule has 2 aliphatic heterocycles. The molecule has 30 heavy (non-hydrogen) atoms. The number of carboxylic acids is 2. The first-order valence-corrected chi connectivity index (χ1v) is 9.62. The van der Waals surface area contributed by atoms with E-state index in [2.05, 4.69) is 10.6 Å². The molecule has 0 aromatic heterocycles. The summed E-state index contributed by atoms with van der Waals surface area (Å²) in [5, 5.41) is 41.1. The second kappa shape index (κ2) is 12.5. The number of hydrogen-bond acceptors (Lipinski definition) is 8. The molecule has 168 valence electrons. The molecule has 12 nitrogen and oxygen atoms in total. The van der Waals surface area contributed by atoms with Crippen molar-refractivity contribution in [2.24, 2.45) is 0 Å². The van der Waals surface area contributed by atoms with Crippen LogP contribution in [-0.4, -0.2) is 82.3 Å². The van der Waals surface area contributed by atoms with Gasteiger partial charge in [0, 0.05) is 13.8 Å². The van der Waals surface area contributed by atoms with Gasteiger partial charge in [0.2, 0.25) is 11.8 Å². The largest absolute Gasteiger partial charge is 0.481 e. The maximum absolute atomic E-state index is 10.7. The number of carbonyl (C=O) groups is 4. The Kier molecular flexibility index (Phi) is 10.8. The van der Waals surface area contributed by atoms with Crippen LogP contribution in [0.15, 0.2) is 0 Å². The molecule has 14 heteroatoms. The molecule has 0 bridgehead atoms. The van der Waals surface area contributed by atoms with Crippen molar-refractivity contribution >= 4 is 38.0 Å².